The number of benzene rings is 1. The van der Waals surface area contributed by atoms with Crippen molar-refractivity contribution in [2.75, 3.05) is 26.7 Å². The molecule has 92 valence electrons. The van der Waals surface area contributed by atoms with Gasteiger partial charge in [0.1, 0.15) is 0 Å². The van der Waals surface area contributed by atoms with Crippen LogP contribution in [0.4, 0.5) is 0 Å². The number of rotatable bonds is 5. The summed E-state index contributed by atoms with van der Waals surface area (Å²) in [4.78, 5) is 13.8. The summed E-state index contributed by atoms with van der Waals surface area (Å²) in [6.07, 6.45) is 3.45. The summed E-state index contributed by atoms with van der Waals surface area (Å²) < 4.78 is 0. The molecule has 1 aliphatic rings. The molecule has 0 heterocycles. The molecule has 0 fully saturated rings. The summed E-state index contributed by atoms with van der Waals surface area (Å²) in [6.45, 7) is 1.00. The molecule has 0 atom stereocenters. The van der Waals surface area contributed by atoms with E-state index in [1.54, 1.807) is 0 Å². The number of ketones is 1. The molecule has 17 heavy (non-hydrogen) atoms. The maximum atomic E-state index is 12.0. The predicted octanol–water partition coefficient (Wildman–Crippen LogP) is 1.28. The molecule has 1 aromatic rings. The lowest BCUT2D eigenvalue weighted by atomic mass is 10.0. The fourth-order valence-electron chi connectivity index (χ4n) is 2.33. The second-order valence-electron chi connectivity index (χ2n) is 4.72. The van der Waals surface area contributed by atoms with Crippen LogP contribution in [0.5, 0.6) is 0 Å². The van der Waals surface area contributed by atoms with Crippen molar-refractivity contribution in [3.05, 3.63) is 34.9 Å². The van der Waals surface area contributed by atoms with Crippen LogP contribution < -0.4 is 0 Å². The molecule has 0 saturated carbocycles. The molecule has 0 unspecified atom stereocenters. The molecular weight excluding hydrogens is 214 g/mol. The minimum Gasteiger partial charge on any atom is -0.395 e. The van der Waals surface area contributed by atoms with E-state index in [0.29, 0.717) is 13.1 Å². The van der Waals surface area contributed by atoms with Gasteiger partial charge in [0, 0.05) is 12.1 Å². The van der Waals surface area contributed by atoms with Crippen molar-refractivity contribution in [3.8, 4) is 0 Å². The van der Waals surface area contributed by atoms with Gasteiger partial charge >= 0.3 is 0 Å². The van der Waals surface area contributed by atoms with E-state index in [4.69, 9.17) is 5.11 Å². The van der Waals surface area contributed by atoms with Crippen molar-refractivity contribution in [2.24, 2.45) is 0 Å². The van der Waals surface area contributed by atoms with E-state index in [1.165, 1.54) is 17.5 Å². The molecule has 0 amide bonds. The predicted molar refractivity (Wildman–Crippen MR) is 67.4 cm³/mol. The Hall–Kier alpha value is -1.19. The Bertz CT molecular complexity index is 415. The molecule has 0 spiro atoms. The highest BCUT2D eigenvalue weighted by Crippen LogP contribution is 2.22. The Balaban J connectivity index is 2.04. The molecule has 0 saturated heterocycles. The van der Waals surface area contributed by atoms with E-state index in [9.17, 15) is 4.79 Å². The topological polar surface area (TPSA) is 40.5 Å². The van der Waals surface area contributed by atoms with Crippen LogP contribution >= 0.6 is 0 Å². The highest BCUT2D eigenvalue weighted by molar-refractivity contribution is 5.97. The van der Waals surface area contributed by atoms with Crippen LogP contribution in [0, 0.1) is 0 Å². The van der Waals surface area contributed by atoms with Crippen molar-refractivity contribution in [1.29, 1.82) is 0 Å². The molecule has 0 aliphatic heterocycles. The number of aryl methyl sites for hydroxylation is 2. The van der Waals surface area contributed by atoms with Crippen LogP contribution in [0.2, 0.25) is 0 Å². The van der Waals surface area contributed by atoms with Crippen molar-refractivity contribution < 1.29 is 9.90 Å². The van der Waals surface area contributed by atoms with Crippen molar-refractivity contribution in [3.63, 3.8) is 0 Å². The molecule has 1 aromatic carbocycles. The summed E-state index contributed by atoms with van der Waals surface area (Å²) in [5, 5.41) is 8.79. The minimum atomic E-state index is 0.0912. The van der Waals surface area contributed by atoms with Gasteiger partial charge in [-0.25, -0.2) is 0 Å². The van der Waals surface area contributed by atoms with Gasteiger partial charge in [-0.05, 0) is 43.5 Å². The third-order valence-corrected chi connectivity index (χ3v) is 3.32. The van der Waals surface area contributed by atoms with E-state index in [0.717, 1.165) is 18.4 Å². The summed E-state index contributed by atoms with van der Waals surface area (Å²) in [6, 6.07) is 6.05. The van der Waals surface area contributed by atoms with Crippen LogP contribution in [0.1, 0.15) is 27.9 Å². The normalized spacial score (nSPS) is 14.1. The lowest BCUT2D eigenvalue weighted by Crippen LogP contribution is -2.28. The smallest absolute Gasteiger partial charge is 0.176 e. The number of fused-ring (bicyclic) bond motifs is 1. The quantitative estimate of drug-likeness (QED) is 0.779. The summed E-state index contributed by atoms with van der Waals surface area (Å²) in [5.74, 6) is 0.135. The van der Waals surface area contributed by atoms with Crippen LogP contribution in [0.15, 0.2) is 18.2 Å². The van der Waals surface area contributed by atoms with Crippen molar-refractivity contribution in [2.45, 2.75) is 19.3 Å². The summed E-state index contributed by atoms with van der Waals surface area (Å²) in [5.41, 5.74) is 3.53. The maximum Gasteiger partial charge on any atom is 0.176 e. The lowest BCUT2D eigenvalue weighted by molar-refractivity contribution is 0.0935. The Labute approximate surface area is 102 Å². The van der Waals surface area contributed by atoms with E-state index in [-0.39, 0.29) is 12.4 Å². The van der Waals surface area contributed by atoms with Crippen LogP contribution in [0.3, 0.4) is 0 Å². The Morgan fingerprint density at radius 3 is 2.88 bits per heavy atom. The second kappa shape index (κ2) is 5.43. The summed E-state index contributed by atoms with van der Waals surface area (Å²) in [7, 11) is 1.85. The first-order chi connectivity index (χ1) is 8.20. The first kappa shape index (κ1) is 12.3. The maximum absolute atomic E-state index is 12.0. The third-order valence-electron chi connectivity index (χ3n) is 3.32. The minimum absolute atomic E-state index is 0.0912. The van der Waals surface area contributed by atoms with Gasteiger partial charge in [-0.1, -0.05) is 12.1 Å². The third kappa shape index (κ3) is 2.93. The molecular formula is C14H19NO2. The van der Waals surface area contributed by atoms with Crippen LogP contribution in [-0.4, -0.2) is 42.5 Å². The zero-order chi connectivity index (χ0) is 12.3. The second-order valence-corrected chi connectivity index (χ2v) is 4.72. The average molecular weight is 233 g/mol. The molecule has 3 nitrogen and oxygen atoms in total. The number of carbonyl (C=O) groups is 1. The first-order valence-electron chi connectivity index (χ1n) is 6.15. The number of Topliss-reactive ketones (excluding diaryl/α,β-unsaturated/α-hetero) is 1. The number of hydrogen-bond donors (Lipinski definition) is 1. The fourth-order valence-corrected chi connectivity index (χ4v) is 2.33. The van der Waals surface area contributed by atoms with E-state index >= 15 is 0 Å². The van der Waals surface area contributed by atoms with Gasteiger partial charge in [-0.3, -0.25) is 9.69 Å². The standard InChI is InChI=1S/C14H19NO2/c1-15(7-8-16)10-14(17)13-6-5-11-3-2-4-12(11)9-13/h5-6,9,16H,2-4,7-8,10H2,1H3. The zero-order valence-corrected chi connectivity index (χ0v) is 10.3. The van der Waals surface area contributed by atoms with Gasteiger partial charge in [0.25, 0.3) is 0 Å². The Kier molecular flexibility index (Phi) is 3.92. The highest BCUT2D eigenvalue weighted by atomic mass is 16.3. The number of nitrogens with zero attached hydrogens (tertiary/aromatic N) is 1. The fraction of sp³-hybridized carbons (Fsp3) is 0.500. The van der Waals surface area contributed by atoms with E-state index < -0.39 is 0 Å². The molecule has 2 rings (SSSR count). The largest absolute Gasteiger partial charge is 0.395 e. The molecule has 0 radical (unpaired) electrons. The van der Waals surface area contributed by atoms with Crippen LogP contribution in [-0.2, 0) is 12.8 Å². The van der Waals surface area contributed by atoms with E-state index in [1.807, 2.05) is 24.1 Å². The number of likely N-dealkylation sites (N-methyl/N-ethyl adjacent to an activating group) is 1. The number of aliphatic hydroxyl groups is 1. The highest BCUT2D eigenvalue weighted by Gasteiger charge is 2.14. The van der Waals surface area contributed by atoms with Crippen molar-refractivity contribution in [1.82, 2.24) is 4.90 Å². The van der Waals surface area contributed by atoms with Gasteiger partial charge in [-0.2, -0.15) is 0 Å². The first-order valence-corrected chi connectivity index (χ1v) is 6.15. The number of carbonyl (C=O) groups excluding carboxylic acids is 1. The number of hydrogen-bond acceptors (Lipinski definition) is 3. The Morgan fingerprint density at radius 1 is 1.35 bits per heavy atom. The van der Waals surface area contributed by atoms with Crippen LogP contribution in [0.25, 0.3) is 0 Å². The molecule has 1 aliphatic carbocycles. The number of aliphatic hydroxyl groups excluding tert-OH is 1. The molecule has 3 heteroatoms. The molecule has 1 N–H and O–H groups in total. The monoisotopic (exact) mass is 233 g/mol. The molecule has 0 aromatic heterocycles. The van der Waals surface area contributed by atoms with Gasteiger partial charge in [0.15, 0.2) is 5.78 Å². The molecule has 0 bridgehead atoms. The van der Waals surface area contributed by atoms with Gasteiger partial charge in [0.2, 0.25) is 0 Å². The Morgan fingerprint density at radius 2 is 2.12 bits per heavy atom. The van der Waals surface area contributed by atoms with Crippen molar-refractivity contribution >= 4 is 5.78 Å². The van der Waals surface area contributed by atoms with Gasteiger partial charge in [0.05, 0.1) is 13.2 Å². The van der Waals surface area contributed by atoms with E-state index in [2.05, 4.69) is 6.07 Å². The average Bonchev–Trinajstić information content (AvgIpc) is 2.75. The summed E-state index contributed by atoms with van der Waals surface area (Å²) >= 11 is 0. The van der Waals surface area contributed by atoms with Gasteiger partial charge < -0.3 is 5.11 Å². The zero-order valence-electron chi connectivity index (χ0n) is 10.3. The lowest BCUT2D eigenvalue weighted by Gasteiger charge is -2.14. The van der Waals surface area contributed by atoms with Gasteiger partial charge in [-0.15, -0.1) is 0 Å². The SMILES string of the molecule is CN(CCO)CC(=O)c1ccc2c(c1)CCC2.